The predicted molar refractivity (Wildman–Crippen MR) is 63.6 cm³/mol. The minimum absolute atomic E-state index is 0.390. The van der Waals surface area contributed by atoms with Gasteiger partial charge in [-0.05, 0) is 6.07 Å². The highest BCUT2D eigenvalue weighted by Gasteiger charge is 2.29. The summed E-state index contributed by atoms with van der Waals surface area (Å²) in [6.07, 6.45) is -0.390. The lowest BCUT2D eigenvalue weighted by molar-refractivity contribution is -0.387. The Labute approximate surface area is 116 Å². The monoisotopic (exact) mass is 304 g/mol. The zero-order valence-electron chi connectivity index (χ0n) is 10.4. The number of nitrogens with one attached hydrogen (secondary N) is 1. The number of amides is 1. The standard InChI is InChI=1S/C11H10F2N2O6/c12-5-1-2-7(15(20)21)9(13)8(5)10(17)14-6(3-4-16)11(18)19/h1-2,6,16H,3-4H2,(H,14,17)(H,18,19)/t6-/m0/s1. The fourth-order valence-electron chi connectivity index (χ4n) is 1.51. The molecule has 1 rings (SSSR count). The molecule has 0 aliphatic heterocycles. The van der Waals surface area contributed by atoms with E-state index in [9.17, 15) is 28.5 Å². The molecule has 114 valence electrons. The van der Waals surface area contributed by atoms with Crippen molar-refractivity contribution in [2.24, 2.45) is 0 Å². The van der Waals surface area contributed by atoms with E-state index in [1.807, 2.05) is 0 Å². The summed E-state index contributed by atoms with van der Waals surface area (Å²) in [4.78, 5) is 31.9. The number of halogens is 2. The smallest absolute Gasteiger partial charge is 0.326 e. The molecule has 0 saturated heterocycles. The second-order valence-electron chi connectivity index (χ2n) is 3.89. The number of carboxylic acid groups (broad SMARTS) is 1. The van der Waals surface area contributed by atoms with Crippen LogP contribution in [0.15, 0.2) is 12.1 Å². The van der Waals surface area contributed by atoms with Gasteiger partial charge in [0.25, 0.3) is 5.91 Å². The van der Waals surface area contributed by atoms with Crippen molar-refractivity contribution in [2.75, 3.05) is 6.61 Å². The van der Waals surface area contributed by atoms with Crippen molar-refractivity contribution in [3.05, 3.63) is 39.4 Å². The van der Waals surface area contributed by atoms with Gasteiger partial charge in [0.05, 0.1) is 4.92 Å². The van der Waals surface area contributed by atoms with Crippen LogP contribution in [-0.2, 0) is 4.79 Å². The summed E-state index contributed by atoms with van der Waals surface area (Å²) >= 11 is 0. The molecule has 1 aromatic rings. The first-order valence-electron chi connectivity index (χ1n) is 5.56. The van der Waals surface area contributed by atoms with Gasteiger partial charge in [0.2, 0.25) is 5.82 Å². The van der Waals surface area contributed by atoms with E-state index in [2.05, 4.69) is 0 Å². The molecule has 1 atom stereocenters. The van der Waals surface area contributed by atoms with Crippen molar-refractivity contribution >= 4 is 17.6 Å². The molecule has 0 bridgehead atoms. The molecule has 0 heterocycles. The molecular formula is C11H10F2N2O6. The molecule has 8 nitrogen and oxygen atoms in total. The van der Waals surface area contributed by atoms with Gasteiger partial charge >= 0.3 is 11.7 Å². The number of aliphatic carboxylic acids is 1. The van der Waals surface area contributed by atoms with Crippen LogP contribution in [0.25, 0.3) is 0 Å². The van der Waals surface area contributed by atoms with Crippen LogP contribution in [0.3, 0.4) is 0 Å². The summed E-state index contributed by atoms with van der Waals surface area (Å²) in [6, 6.07) is -0.512. The van der Waals surface area contributed by atoms with Crippen molar-refractivity contribution in [2.45, 2.75) is 12.5 Å². The minimum Gasteiger partial charge on any atom is -0.480 e. The number of carbonyl (C=O) groups is 2. The highest BCUT2D eigenvalue weighted by atomic mass is 19.1. The van der Waals surface area contributed by atoms with E-state index in [4.69, 9.17) is 10.2 Å². The van der Waals surface area contributed by atoms with Gasteiger partial charge in [-0.15, -0.1) is 0 Å². The van der Waals surface area contributed by atoms with E-state index in [1.54, 1.807) is 5.32 Å². The first-order chi connectivity index (χ1) is 9.79. The first kappa shape index (κ1) is 16.4. The molecule has 10 heteroatoms. The van der Waals surface area contributed by atoms with Gasteiger partial charge in [-0.3, -0.25) is 14.9 Å². The zero-order valence-corrected chi connectivity index (χ0v) is 10.4. The van der Waals surface area contributed by atoms with E-state index in [-0.39, 0.29) is 6.42 Å². The molecule has 0 saturated carbocycles. The van der Waals surface area contributed by atoms with Gasteiger partial charge < -0.3 is 15.5 Å². The maximum Gasteiger partial charge on any atom is 0.326 e. The SMILES string of the molecule is O=C(N[C@@H](CCO)C(=O)O)c1c(F)ccc([N+](=O)[O-])c1F. The van der Waals surface area contributed by atoms with Gasteiger partial charge in [0.1, 0.15) is 17.4 Å². The summed E-state index contributed by atoms with van der Waals surface area (Å²) in [5.74, 6) is -6.06. The first-order valence-corrected chi connectivity index (χ1v) is 5.56. The van der Waals surface area contributed by atoms with E-state index < -0.39 is 52.3 Å². The van der Waals surface area contributed by atoms with Crippen LogP contribution in [0.1, 0.15) is 16.8 Å². The van der Waals surface area contributed by atoms with Crippen molar-refractivity contribution in [1.29, 1.82) is 0 Å². The lowest BCUT2D eigenvalue weighted by atomic mass is 10.1. The Morgan fingerprint density at radius 1 is 1.38 bits per heavy atom. The van der Waals surface area contributed by atoms with E-state index in [0.29, 0.717) is 12.1 Å². The van der Waals surface area contributed by atoms with E-state index in [0.717, 1.165) is 0 Å². The summed E-state index contributed by atoms with van der Waals surface area (Å²) in [6.45, 7) is -0.586. The van der Waals surface area contributed by atoms with E-state index in [1.165, 1.54) is 0 Å². The second-order valence-corrected chi connectivity index (χ2v) is 3.89. The van der Waals surface area contributed by atoms with Gasteiger partial charge in [0.15, 0.2) is 0 Å². The second kappa shape index (κ2) is 6.70. The van der Waals surface area contributed by atoms with Gasteiger partial charge in [0, 0.05) is 19.1 Å². The normalized spacial score (nSPS) is 11.8. The molecule has 3 N–H and O–H groups in total. The Balaban J connectivity index is 3.15. The maximum absolute atomic E-state index is 13.7. The summed E-state index contributed by atoms with van der Waals surface area (Å²) in [7, 11) is 0. The molecule has 0 aliphatic carbocycles. The molecule has 0 aliphatic rings. The van der Waals surface area contributed by atoms with Gasteiger partial charge in [-0.1, -0.05) is 0 Å². The lowest BCUT2D eigenvalue weighted by Crippen LogP contribution is -2.42. The number of nitrogens with zero attached hydrogens (tertiary/aromatic N) is 1. The third kappa shape index (κ3) is 3.69. The number of aliphatic hydroxyl groups excluding tert-OH is 1. The molecule has 21 heavy (non-hydrogen) atoms. The van der Waals surface area contributed by atoms with Crippen molar-refractivity contribution in [1.82, 2.24) is 5.32 Å². The third-order valence-corrected chi connectivity index (χ3v) is 2.52. The number of aliphatic hydroxyl groups is 1. The van der Waals surface area contributed by atoms with Crippen molar-refractivity contribution in [3.63, 3.8) is 0 Å². The van der Waals surface area contributed by atoms with Crippen LogP contribution < -0.4 is 5.32 Å². The highest BCUT2D eigenvalue weighted by molar-refractivity contribution is 5.97. The number of benzene rings is 1. The van der Waals surface area contributed by atoms with Crippen LogP contribution in [0.2, 0.25) is 0 Å². The van der Waals surface area contributed by atoms with Crippen LogP contribution in [-0.4, -0.2) is 39.7 Å². The topological polar surface area (TPSA) is 130 Å². The maximum atomic E-state index is 13.7. The zero-order chi connectivity index (χ0) is 16.2. The Hall–Kier alpha value is -2.62. The Bertz CT molecular complexity index is 592. The fraction of sp³-hybridized carbons (Fsp3) is 0.273. The molecule has 1 amide bonds. The highest BCUT2D eigenvalue weighted by Crippen LogP contribution is 2.23. The summed E-state index contributed by atoms with van der Waals surface area (Å²) in [5, 5.41) is 29.7. The average Bonchev–Trinajstić information content (AvgIpc) is 2.37. The third-order valence-electron chi connectivity index (χ3n) is 2.52. The number of hydrogen-bond acceptors (Lipinski definition) is 5. The molecule has 0 spiro atoms. The summed E-state index contributed by atoms with van der Waals surface area (Å²) in [5.41, 5.74) is -2.37. The number of nitro groups is 1. The summed E-state index contributed by atoms with van der Waals surface area (Å²) < 4.78 is 27.2. The molecule has 0 unspecified atom stereocenters. The van der Waals surface area contributed by atoms with Crippen molar-refractivity contribution < 1.29 is 33.5 Å². The molecule has 0 radical (unpaired) electrons. The minimum atomic E-state index is -1.70. The number of rotatable bonds is 6. The van der Waals surface area contributed by atoms with Gasteiger partial charge in [-0.2, -0.15) is 4.39 Å². The number of carboxylic acids is 1. The Kier molecular flexibility index (Phi) is 5.24. The molecular weight excluding hydrogens is 294 g/mol. The number of hydrogen-bond donors (Lipinski definition) is 3. The van der Waals surface area contributed by atoms with Gasteiger partial charge in [-0.25, -0.2) is 9.18 Å². The van der Waals surface area contributed by atoms with E-state index >= 15 is 0 Å². The Morgan fingerprint density at radius 3 is 2.48 bits per heavy atom. The largest absolute Gasteiger partial charge is 0.480 e. The van der Waals surface area contributed by atoms with Crippen LogP contribution >= 0.6 is 0 Å². The van der Waals surface area contributed by atoms with Crippen LogP contribution in [0, 0.1) is 21.7 Å². The number of nitro benzene ring substituents is 1. The fourth-order valence-corrected chi connectivity index (χ4v) is 1.51. The van der Waals surface area contributed by atoms with Crippen molar-refractivity contribution in [3.8, 4) is 0 Å². The Morgan fingerprint density at radius 2 is 2.00 bits per heavy atom. The molecule has 1 aromatic carbocycles. The predicted octanol–water partition coefficient (Wildman–Crippen LogP) is 0.438. The average molecular weight is 304 g/mol. The quantitative estimate of drug-likeness (QED) is 0.516. The molecule has 0 fully saturated rings. The van der Waals surface area contributed by atoms with Crippen LogP contribution in [0.4, 0.5) is 14.5 Å². The van der Waals surface area contributed by atoms with Crippen LogP contribution in [0.5, 0.6) is 0 Å². The lowest BCUT2D eigenvalue weighted by Gasteiger charge is -2.13. The number of carbonyl (C=O) groups excluding carboxylic acids is 1. The molecule has 0 aromatic heterocycles.